The lowest BCUT2D eigenvalue weighted by molar-refractivity contribution is 0.384. The molecule has 8 heteroatoms. The van der Waals surface area contributed by atoms with Crippen molar-refractivity contribution in [3.05, 3.63) is 28.8 Å². The molecule has 0 amide bonds. The minimum absolute atomic E-state index is 0.177. The lowest BCUT2D eigenvalue weighted by Gasteiger charge is -2.17. The summed E-state index contributed by atoms with van der Waals surface area (Å²) in [5, 5.41) is 0. The quantitative estimate of drug-likeness (QED) is 0.487. The fourth-order valence-corrected chi connectivity index (χ4v) is 2.10. The van der Waals surface area contributed by atoms with E-state index in [0.717, 1.165) is 0 Å². The van der Waals surface area contributed by atoms with Crippen molar-refractivity contribution in [1.29, 1.82) is 0 Å². The van der Waals surface area contributed by atoms with Crippen LogP contribution in [0, 0.1) is 23.3 Å². The predicted molar refractivity (Wildman–Crippen MR) is 52.9 cm³/mol. The van der Waals surface area contributed by atoms with Gasteiger partial charge in [0, 0.05) is 5.56 Å². The van der Waals surface area contributed by atoms with Gasteiger partial charge in [0.25, 0.3) is 0 Å². The second kappa shape index (κ2) is 4.85. The minimum Gasteiger partial charge on any atom is -0.744 e. The first kappa shape index (κ1) is 14.9. The van der Waals surface area contributed by atoms with E-state index in [4.69, 9.17) is 0 Å². The van der Waals surface area contributed by atoms with Crippen LogP contribution in [0.25, 0.3) is 0 Å². The van der Waals surface area contributed by atoms with Crippen LogP contribution in [0.2, 0.25) is 0 Å². The Kier molecular flexibility index (Phi) is 4.02. The van der Waals surface area contributed by atoms with Crippen LogP contribution in [0.3, 0.4) is 0 Å². The number of hydrogen-bond donors (Lipinski definition) is 0. The summed E-state index contributed by atoms with van der Waals surface area (Å²) < 4.78 is 85.3. The van der Waals surface area contributed by atoms with Gasteiger partial charge < -0.3 is 4.55 Å². The van der Waals surface area contributed by atoms with Crippen molar-refractivity contribution < 1.29 is 30.5 Å². The van der Waals surface area contributed by atoms with Crippen molar-refractivity contribution in [2.24, 2.45) is 0 Å². The van der Waals surface area contributed by atoms with E-state index in [1.165, 1.54) is 13.8 Å². The minimum atomic E-state index is -5.64. The monoisotopic (exact) mass is 285 g/mol. The number of benzene rings is 1. The highest BCUT2D eigenvalue weighted by Crippen LogP contribution is 2.32. The molecule has 0 aliphatic rings. The van der Waals surface area contributed by atoms with E-state index in [-0.39, 0.29) is 6.42 Å². The van der Waals surface area contributed by atoms with Crippen molar-refractivity contribution in [3.63, 3.8) is 0 Å². The summed E-state index contributed by atoms with van der Waals surface area (Å²) in [6.07, 6.45) is 0.177. The Morgan fingerprint density at radius 1 is 1.06 bits per heavy atom. The smallest absolute Gasteiger partial charge is 0.179 e. The van der Waals surface area contributed by atoms with Gasteiger partial charge in [-0.15, -0.1) is 0 Å². The van der Waals surface area contributed by atoms with E-state index in [2.05, 4.69) is 0 Å². The van der Waals surface area contributed by atoms with Crippen molar-refractivity contribution in [2.45, 2.75) is 31.1 Å². The average molecular weight is 285 g/mol. The molecular formula is C10H9F4O3S-. The highest BCUT2D eigenvalue weighted by atomic mass is 32.2. The zero-order chi connectivity index (χ0) is 14.2. The molecule has 0 aliphatic heterocycles. The Bertz CT molecular complexity index is 554. The molecule has 3 nitrogen and oxygen atoms in total. The summed E-state index contributed by atoms with van der Waals surface area (Å²) in [5.41, 5.74) is -0.903. The topological polar surface area (TPSA) is 57.2 Å². The van der Waals surface area contributed by atoms with E-state index in [9.17, 15) is 30.5 Å². The molecule has 0 bridgehead atoms. The van der Waals surface area contributed by atoms with Crippen LogP contribution in [-0.4, -0.2) is 13.0 Å². The summed E-state index contributed by atoms with van der Waals surface area (Å²) in [7, 11) is -5.64. The lowest BCUT2D eigenvalue weighted by Crippen LogP contribution is -2.14. The second-order valence-corrected chi connectivity index (χ2v) is 5.08. The molecular weight excluding hydrogens is 276 g/mol. The van der Waals surface area contributed by atoms with E-state index >= 15 is 0 Å². The summed E-state index contributed by atoms with van der Waals surface area (Å²) in [4.78, 5) is -2.12. The first-order valence-corrected chi connectivity index (χ1v) is 6.35. The van der Waals surface area contributed by atoms with Crippen molar-refractivity contribution in [2.75, 3.05) is 0 Å². The van der Waals surface area contributed by atoms with Crippen molar-refractivity contribution >= 4 is 10.1 Å². The third-order valence-electron chi connectivity index (χ3n) is 2.61. The number of halogens is 4. The van der Waals surface area contributed by atoms with Crippen LogP contribution < -0.4 is 0 Å². The zero-order valence-electron chi connectivity index (χ0n) is 9.43. The molecule has 0 spiro atoms. The molecule has 0 fully saturated rings. The fourth-order valence-electron chi connectivity index (χ4n) is 1.48. The summed E-state index contributed by atoms with van der Waals surface area (Å²) >= 11 is 0. The van der Waals surface area contributed by atoms with Gasteiger partial charge in [-0.05, 0) is 12.3 Å². The molecule has 1 aromatic carbocycles. The molecule has 1 atom stereocenters. The van der Waals surface area contributed by atoms with Crippen LogP contribution in [0.1, 0.15) is 31.7 Å². The maximum absolute atomic E-state index is 13.5. The Labute approximate surface area is 101 Å². The third kappa shape index (κ3) is 2.35. The molecule has 102 valence electrons. The van der Waals surface area contributed by atoms with Gasteiger partial charge in [0.2, 0.25) is 0 Å². The molecule has 0 radical (unpaired) electrons. The molecule has 1 unspecified atom stereocenters. The van der Waals surface area contributed by atoms with Crippen LogP contribution >= 0.6 is 0 Å². The van der Waals surface area contributed by atoms with E-state index in [0.29, 0.717) is 0 Å². The zero-order valence-corrected chi connectivity index (χ0v) is 10.2. The SMILES string of the molecule is CCC(C)c1c(F)c(F)c(S(=O)(=O)[O-])c(F)c1F. The third-order valence-corrected chi connectivity index (χ3v) is 3.47. The van der Waals surface area contributed by atoms with Gasteiger partial charge in [-0.3, -0.25) is 0 Å². The Morgan fingerprint density at radius 3 is 1.72 bits per heavy atom. The summed E-state index contributed by atoms with van der Waals surface area (Å²) in [6, 6.07) is 0. The normalized spacial score (nSPS) is 13.7. The van der Waals surface area contributed by atoms with Gasteiger partial charge >= 0.3 is 0 Å². The maximum Gasteiger partial charge on any atom is 0.179 e. The molecule has 0 aliphatic carbocycles. The Hall–Kier alpha value is -1.15. The van der Waals surface area contributed by atoms with Gasteiger partial charge in [0.15, 0.2) is 23.3 Å². The second-order valence-electron chi connectivity index (χ2n) is 3.76. The van der Waals surface area contributed by atoms with Crippen LogP contribution in [0.5, 0.6) is 0 Å². The lowest BCUT2D eigenvalue weighted by atomic mass is 9.97. The highest BCUT2D eigenvalue weighted by molar-refractivity contribution is 7.85. The van der Waals surface area contributed by atoms with Gasteiger partial charge in [-0.2, -0.15) is 0 Å². The van der Waals surface area contributed by atoms with Gasteiger partial charge in [0.1, 0.15) is 15.0 Å². The van der Waals surface area contributed by atoms with Gasteiger partial charge in [0.05, 0.1) is 0 Å². The molecule has 0 N–H and O–H groups in total. The van der Waals surface area contributed by atoms with Crippen LogP contribution in [-0.2, 0) is 10.1 Å². The number of hydrogen-bond acceptors (Lipinski definition) is 3. The fraction of sp³-hybridized carbons (Fsp3) is 0.400. The molecule has 0 heterocycles. The molecule has 1 rings (SSSR count). The Balaban J connectivity index is 3.78. The predicted octanol–water partition coefficient (Wildman–Crippen LogP) is 2.66. The van der Waals surface area contributed by atoms with Crippen LogP contribution in [0.15, 0.2) is 4.90 Å². The molecule has 1 aromatic rings. The highest BCUT2D eigenvalue weighted by Gasteiger charge is 2.30. The van der Waals surface area contributed by atoms with Crippen molar-refractivity contribution in [1.82, 2.24) is 0 Å². The molecule has 0 saturated carbocycles. The van der Waals surface area contributed by atoms with E-state index in [1.54, 1.807) is 0 Å². The Morgan fingerprint density at radius 2 is 1.44 bits per heavy atom. The molecule has 0 aromatic heterocycles. The first-order chi connectivity index (χ1) is 8.12. The summed E-state index contributed by atoms with van der Waals surface area (Å²) in [5.74, 6) is -8.92. The summed E-state index contributed by atoms with van der Waals surface area (Å²) in [6.45, 7) is 2.84. The van der Waals surface area contributed by atoms with Gasteiger partial charge in [-0.25, -0.2) is 26.0 Å². The standard InChI is InChI=1S/C10H10F4O3S/c1-3-4(2)5-6(11)8(13)10(18(15,16)17)9(14)7(5)12/h4H,3H2,1-2H3,(H,15,16,17)/p-1. The number of rotatable bonds is 3. The first-order valence-electron chi connectivity index (χ1n) is 4.94. The maximum atomic E-state index is 13.5. The largest absolute Gasteiger partial charge is 0.744 e. The van der Waals surface area contributed by atoms with Gasteiger partial charge in [-0.1, -0.05) is 13.8 Å². The molecule has 0 saturated heterocycles. The average Bonchev–Trinajstić information content (AvgIpc) is 2.24. The van der Waals surface area contributed by atoms with E-state index < -0.39 is 49.8 Å². The van der Waals surface area contributed by atoms with Crippen LogP contribution in [0.4, 0.5) is 17.6 Å². The van der Waals surface area contributed by atoms with E-state index in [1.807, 2.05) is 0 Å². The van der Waals surface area contributed by atoms with Crippen molar-refractivity contribution in [3.8, 4) is 0 Å². The molecule has 18 heavy (non-hydrogen) atoms.